The molecule has 4 N–H and O–H groups in total. The Balaban J connectivity index is 2.53. The van der Waals surface area contributed by atoms with Crippen LogP contribution in [0.3, 0.4) is 0 Å². The third-order valence-electron chi connectivity index (χ3n) is 3.02. The molecule has 0 atom stereocenters. The van der Waals surface area contributed by atoms with E-state index in [9.17, 15) is 4.79 Å². The van der Waals surface area contributed by atoms with Crippen molar-refractivity contribution in [1.29, 1.82) is 0 Å². The number of rotatable bonds is 4. The average molecular weight is 260 g/mol. The molecule has 1 heterocycles. The average Bonchev–Trinajstić information content (AvgIpc) is 2.70. The van der Waals surface area contributed by atoms with Gasteiger partial charge >= 0.3 is 0 Å². The molecule has 0 spiro atoms. The molecule has 2 rings (SSSR count). The van der Waals surface area contributed by atoms with E-state index in [4.69, 9.17) is 5.73 Å². The molecule has 0 unspecified atom stereocenters. The Morgan fingerprint density at radius 1 is 1.42 bits per heavy atom. The number of nitrogens with two attached hydrogens (primary N) is 1. The van der Waals surface area contributed by atoms with Crippen LogP contribution in [0.4, 0.5) is 0 Å². The zero-order valence-electron chi connectivity index (χ0n) is 11.7. The lowest BCUT2D eigenvalue weighted by Gasteiger charge is -2.26. The third-order valence-corrected chi connectivity index (χ3v) is 3.02. The maximum Gasteiger partial charge on any atom is 0.250 e. The van der Waals surface area contributed by atoms with Crippen molar-refractivity contribution in [3.8, 4) is 0 Å². The lowest BCUT2D eigenvalue weighted by atomic mass is 10.0. The summed E-state index contributed by atoms with van der Waals surface area (Å²) in [5.74, 6) is 0.336. The highest BCUT2D eigenvalue weighted by molar-refractivity contribution is 6.04. The van der Waals surface area contributed by atoms with E-state index in [-0.39, 0.29) is 5.54 Å². The molecule has 0 radical (unpaired) electrons. The van der Waals surface area contributed by atoms with Crippen LogP contribution in [0, 0.1) is 0 Å². The normalized spacial score (nSPS) is 12.3. The maximum absolute atomic E-state index is 11.4. The highest BCUT2D eigenvalue weighted by atomic mass is 16.1. The number of imidazole rings is 1. The van der Waals surface area contributed by atoms with Crippen LogP contribution in [-0.4, -0.2) is 21.9 Å². The quantitative estimate of drug-likeness (QED) is 0.785. The highest BCUT2D eigenvalue weighted by Gasteiger charge is 2.25. The van der Waals surface area contributed by atoms with Crippen molar-refractivity contribution in [3.05, 3.63) is 29.6 Å². The van der Waals surface area contributed by atoms with Crippen molar-refractivity contribution < 1.29 is 4.79 Å². The molecule has 2 aromatic rings. The van der Waals surface area contributed by atoms with Crippen molar-refractivity contribution >= 4 is 16.9 Å². The minimum Gasteiger partial charge on any atom is -0.366 e. The van der Waals surface area contributed by atoms with E-state index in [2.05, 4.69) is 43.0 Å². The Kier molecular flexibility index (Phi) is 3.32. The van der Waals surface area contributed by atoms with Crippen LogP contribution in [0.5, 0.6) is 0 Å². The number of carbonyl (C=O) groups excluding carboxylic acids is 1. The summed E-state index contributed by atoms with van der Waals surface area (Å²) in [7, 11) is 0. The number of hydrogen-bond donors (Lipinski definition) is 3. The van der Waals surface area contributed by atoms with Crippen LogP contribution in [0.25, 0.3) is 11.0 Å². The smallest absolute Gasteiger partial charge is 0.250 e. The van der Waals surface area contributed by atoms with Gasteiger partial charge in [-0.15, -0.1) is 0 Å². The van der Waals surface area contributed by atoms with Crippen molar-refractivity contribution in [2.45, 2.75) is 39.3 Å². The third kappa shape index (κ3) is 2.61. The molecular weight excluding hydrogens is 240 g/mol. The SMILES string of the molecule is CC(C)NC(C)(C)c1nc2c(C(N)=O)cccc2[nH]1. The molecule has 0 bridgehead atoms. The summed E-state index contributed by atoms with van der Waals surface area (Å²) in [6.07, 6.45) is 0. The number of fused-ring (bicyclic) bond motifs is 1. The van der Waals surface area contributed by atoms with Gasteiger partial charge in [-0.3, -0.25) is 4.79 Å². The van der Waals surface area contributed by atoms with E-state index in [1.54, 1.807) is 12.1 Å². The molecule has 5 heteroatoms. The topological polar surface area (TPSA) is 83.8 Å². The monoisotopic (exact) mass is 260 g/mol. The van der Waals surface area contributed by atoms with Gasteiger partial charge in [0.15, 0.2) is 0 Å². The minimum absolute atomic E-state index is 0.303. The number of benzene rings is 1. The fraction of sp³-hybridized carbons (Fsp3) is 0.429. The van der Waals surface area contributed by atoms with Gasteiger partial charge in [-0.1, -0.05) is 6.07 Å². The first kappa shape index (κ1) is 13.5. The van der Waals surface area contributed by atoms with Gasteiger partial charge in [0.1, 0.15) is 11.3 Å². The maximum atomic E-state index is 11.4. The summed E-state index contributed by atoms with van der Waals surface area (Å²) in [6, 6.07) is 5.72. The van der Waals surface area contributed by atoms with E-state index in [0.717, 1.165) is 11.3 Å². The van der Waals surface area contributed by atoms with Gasteiger partial charge < -0.3 is 16.0 Å². The van der Waals surface area contributed by atoms with Crippen LogP contribution in [-0.2, 0) is 5.54 Å². The zero-order valence-corrected chi connectivity index (χ0v) is 11.7. The minimum atomic E-state index is -0.460. The second-order valence-corrected chi connectivity index (χ2v) is 5.58. The Morgan fingerprint density at radius 2 is 2.11 bits per heavy atom. The van der Waals surface area contributed by atoms with Crippen LogP contribution in [0.15, 0.2) is 18.2 Å². The summed E-state index contributed by atoms with van der Waals surface area (Å²) in [5.41, 5.74) is 6.96. The van der Waals surface area contributed by atoms with Gasteiger partial charge in [-0.05, 0) is 39.8 Å². The molecule has 0 aliphatic carbocycles. The molecule has 0 saturated heterocycles. The molecular formula is C14H20N4O. The van der Waals surface area contributed by atoms with Crippen molar-refractivity contribution in [1.82, 2.24) is 15.3 Å². The first-order valence-electron chi connectivity index (χ1n) is 6.38. The molecule has 102 valence electrons. The van der Waals surface area contributed by atoms with Crippen LogP contribution >= 0.6 is 0 Å². The molecule has 0 aliphatic heterocycles. The van der Waals surface area contributed by atoms with Gasteiger partial charge in [0.2, 0.25) is 0 Å². The largest absolute Gasteiger partial charge is 0.366 e. The molecule has 19 heavy (non-hydrogen) atoms. The summed E-state index contributed by atoms with van der Waals surface area (Å²) < 4.78 is 0. The number of nitrogens with zero attached hydrogens (tertiary/aromatic N) is 1. The lowest BCUT2D eigenvalue weighted by molar-refractivity contribution is 0.100. The fourth-order valence-electron chi connectivity index (χ4n) is 2.32. The Morgan fingerprint density at radius 3 is 2.68 bits per heavy atom. The van der Waals surface area contributed by atoms with Crippen LogP contribution in [0.2, 0.25) is 0 Å². The van der Waals surface area contributed by atoms with Gasteiger partial charge in [0.25, 0.3) is 5.91 Å². The predicted octanol–water partition coefficient (Wildman–Crippen LogP) is 1.89. The van der Waals surface area contributed by atoms with Gasteiger partial charge in [-0.2, -0.15) is 0 Å². The van der Waals surface area contributed by atoms with Crippen molar-refractivity contribution in [2.24, 2.45) is 5.73 Å². The fourth-order valence-corrected chi connectivity index (χ4v) is 2.32. The lowest BCUT2D eigenvalue weighted by Crippen LogP contribution is -2.41. The van der Waals surface area contributed by atoms with Gasteiger partial charge in [0.05, 0.1) is 16.6 Å². The summed E-state index contributed by atoms with van der Waals surface area (Å²) in [4.78, 5) is 19.2. The van der Waals surface area contributed by atoms with Crippen molar-refractivity contribution in [2.75, 3.05) is 0 Å². The highest BCUT2D eigenvalue weighted by Crippen LogP contribution is 2.23. The second-order valence-electron chi connectivity index (χ2n) is 5.58. The van der Waals surface area contributed by atoms with E-state index in [1.165, 1.54) is 0 Å². The standard InChI is InChI=1S/C14H20N4O/c1-8(2)18-14(3,4)13-16-10-7-5-6-9(12(15)19)11(10)17-13/h5-8,18H,1-4H3,(H2,15,19)(H,16,17). The molecule has 5 nitrogen and oxygen atoms in total. The second kappa shape index (κ2) is 4.66. The van der Waals surface area contributed by atoms with E-state index < -0.39 is 5.91 Å². The Bertz CT molecular complexity index is 613. The number of H-pyrrole nitrogens is 1. The van der Waals surface area contributed by atoms with E-state index >= 15 is 0 Å². The van der Waals surface area contributed by atoms with Gasteiger partial charge in [0, 0.05) is 6.04 Å². The number of para-hydroxylation sites is 1. The number of aromatic amines is 1. The molecule has 0 fully saturated rings. The molecule has 1 aromatic carbocycles. The molecule has 1 amide bonds. The summed E-state index contributed by atoms with van der Waals surface area (Å²) in [5, 5.41) is 3.44. The number of nitrogens with one attached hydrogen (secondary N) is 2. The number of carbonyl (C=O) groups is 1. The van der Waals surface area contributed by atoms with E-state index in [1.807, 2.05) is 6.07 Å². The molecule has 1 aromatic heterocycles. The number of hydrogen-bond acceptors (Lipinski definition) is 3. The number of amides is 1. The van der Waals surface area contributed by atoms with E-state index in [0.29, 0.717) is 17.1 Å². The molecule has 0 saturated carbocycles. The Labute approximate surface area is 112 Å². The number of primary amides is 1. The van der Waals surface area contributed by atoms with Crippen molar-refractivity contribution in [3.63, 3.8) is 0 Å². The van der Waals surface area contributed by atoms with Crippen LogP contribution < -0.4 is 11.1 Å². The number of aromatic nitrogens is 2. The first-order valence-corrected chi connectivity index (χ1v) is 6.38. The van der Waals surface area contributed by atoms with Crippen LogP contribution in [0.1, 0.15) is 43.9 Å². The summed E-state index contributed by atoms with van der Waals surface area (Å²) in [6.45, 7) is 8.27. The predicted molar refractivity (Wildman–Crippen MR) is 75.9 cm³/mol. The zero-order chi connectivity index (χ0) is 14.2. The Hall–Kier alpha value is -1.88. The summed E-state index contributed by atoms with van der Waals surface area (Å²) >= 11 is 0. The first-order chi connectivity index (χ1) is 8.81. The van der Waals surface area contributed by atoms with Gasteiger partial charge in [-0.25, -0.2) is 4.98 Å². The molecule has 0 aliphatic rings.